The molecule has 16 heavy (non-hydrogen) atoms. The van der Waals surface area contributed by atoms with Crippen LogP contribution < -0.4 is 5.32 Å². The Morgan fingerprint density at radius 1 is 1.12 bits per heavy atom. The molecule has 0 aromatic heterocycles. The molecule has 4 atom stereocenters. The Balaban J connectivity index is 1.53. The van der Waals surface area contributed by atoms with Gasteiger partial charge in [0, 0.05) is 19.1 Å². The molecule has 2 heterocycles. The Labute approximate surface area is 98.5 Å². The largest absolute Gasteiger partial charge is 0.372 e. The minimum atomic E-state index is 0.555. The van der Waals surface area contributed by atoms with Crippen LogP contribution in [0.2, 0.25) is 0 Å². The van der Waals surface area contributed by atoms with Crippen LogP contribution in [0.25, 0.3) is 0 Å². The number of nitrogens with one attached hydrogen (secondary N) is 1. The van der Waals surface area contributed by atoms with Crippen molar-refractivity contribution in [2.24, 2.45) is 5.92 Å². The lowest BCUT2D eigenvalue weighted by atomic mass is 9.78. The number of rotatable bonds is 4. The van der Waals surface area contributed by atoms with Crippen molar-refractivity contribution in [3.05, 3.63) is 0 Å². The van der Waals surface area contributed by atoms with Crippen LogP contribution >= 0.6 is 0 Å². The molecule has 2 bridgehead atoms. The van der Waals surface area contributed by atoms with E-state index in [0.29, 0.717) is 12.2 Å². The molecule has 3 nitrogen and oxygen atoms in total. The topological polar surface area (TPSA) is 24.5 Å². The van der Waals surface area contributed by atoms with E-state index in [-0.39, 0.29) is 0 Å². The second kappa shape index (κ2) is 4.63. The van der Waals surface area contributed by atoms with Crippen molar-refractivity contribution >= 4 is 0 Å². The summed E-state index contributed by atoms with van der Waals surface area (Å²) in [5.74, 6) is 0.900. The normalized spacial score (nSPS) is 43.3. The zero-order chi connectivity index (χ0) is 11.0. The first-order chi connectivity index (χ1) is 7.86. The third-order valence-corrected chi connectivity index (χ3v) is 4.57. The molecule has 0 amide bonds. The minimum Gasteiger partial charge on any atom is -0.372 e. The minimum absolute atomic E-state index is 0.555. The number of likely N-dealkylation sites (tertiary alicyclic amines) is 1. The van der Waals surface area contributed by atoms with Crippen LogP contribution in [0.3, 0.4) is 0 Å². The molecule has 4 unspecified atom stereocenters. The Hall–Kier alpha value is -0.120. The average molecular weight is 224 g/mol. The summed E-state index contributed by atoms with van der Waals surface area (Å²) in [7, 11) is 0. The number of ether oxygens (including phenoxy) is 1. The molecule has 3 fully saturated rings. The highest BCUT2D eigenvalue weighted by Crippen LogP contribution is 2.36. The van der Waals surface area contributed by atoms with Crippen LogP contribution in [0.5, 0.6) is 0 Å². The molecule has 2 saturated heterocycles. The Morgan fingerprint density at radius 3 is 2.44 bits per heavy atom. The van der Waals surface area contributed by atoms with Gasteiger partial charge in [0.05, 0.1) is 12.2 Å². The molecule has 1 aliphatic carbocycles. The predicted octanol–water partition coefficient (Wildman–Crippen LogP) is 1.24. The van der Waals surface area contributed by atoms with Crippen LogP contribution in [0.4, 0.5) is 0 Å². The average Bonchev–Trinajstić information content (AvgIpc) is 2.57. The maximum Gasteiger partial charge on any atom is 0.0707 e. The lowest BCUT2D eigenvalue weighted by Crippen LogP contribution is -2.56. The van der Waals surface area contributed by atoms with Gasteiger partial charge in [-0.1, -0.05) is 6.92 Å². The van der Waals surface area contributed by atoms with Crippen molar-refractivity contribution in [3.63, 3.8) is 0 Å². The van der Waals surface area contributed by atoms with Crippen LogP contribution in [0.1, 0.15) is 32.6 Å². The summed E-state index contributed by atoms with van der Waals surface area (Å²) < 4.78 is 5.91. The molecular weight excluding hydrogens is 200 g/mol. The summed E-state index contributed by atoms with van der Waals surface area (Å²) in [5, 5.41) is 3.50. The Morgan fingerprint density at radius 2 is 1.88 bits per heavy atom. The van der Waals surface area contributed by atoms with Gasteiger partial charge in [-0.05, 0) is 44.7 Å². The number of morpholine rings is 1. The Kier molecular flexibility index (Phi) is 3.18. The zero-order valence-electron chi connectivity index (χ0n) is 10.3. The van der Waals surface area contributed by atoms with Gasteiger partial charge in [0.1, 0.15) is 0 Å². The molecule has 0 spiro atoms. The third kappa shape index (κ3) is 2.01. The van der Waals surface area contributed by atoms with Gasteiger partial charge in [0.15, 0.2) is 0 Å². The van der Waals surface area contributed by atoms with E-state index in [1.165, 1.54) is 45.3 Å². The molecular formula is C13H24N2O. The SMILES string of the molecule is CCNCC1CCC1N1CC2CCC(C1)O2. The van der Waals surface area contributed by atoms with E-state index in [0.717, 1.165) is 18.5 Å². The molecule has 92 valence electrons. The summed E-state index contributed by atoms with van der Waals surface area (Å²) in [6.45, 7) is 6.92. The number of nitrogens with zero attached hydrogens (tertiary/aromatic N) is 1. The molecule has 3 aliphatic rings. The first-order valence-electron chi connectivity index (χ1n) is 6.97. The molecule has 2 aliphatic heterocycles. The maximum absolute atomic E-state index is 5.91. The second-order valence-corrected chi connectivity index (χ2v) is 5.62. The van der Waals surface area contributed by atoms with Crippen LogP contribution in [0, 0.1) is 5.92 Å². The monoisotopic (exact) mass is 224 g/mol. The molecule has 1 saturated carbocycles. The molecule has 3 heteroatoms. The smallest absolute Gasteiger partial charge is 0.0707 e. The van der Waals surface area contributed by atoms with Crippen LogP contribution in [-0.2, 0) is 4.74 Å². The summed E-state index contributed by atoms with van der Waals surface area (Å²) in [4.78, 5) is 2.72. The molecule has 0 aromatic rings. The lowest BCUT2D eigenvalue weighted by molar-refractivity contribution is -0.0774. The fraction of sp³-hybridized carbons (Fsp3) is 1.00. The van der Waals surface area contributed by atoms with Gasteiger partial charge in [0.25, 0.3) is 0 Å². The van der Waals surface area contributed by atoms with E-state index in [2.05, 4.69) is 17.1 Å². The second-order valence-electron chi connectivity index (χ2n) is 5.62. The molecule has 1 N–H and O–H groups in total. The van der Waals surface area contributed by atoms with Crippen molar-refractivity contribution in [1.82, 2.24) is 10.2 Å². The van der Waals surface area contributed by atoms with E-state index in [1.807, 2.05) is 0 Å². The number of hydrogen-bond acceptors (Lipinski definition) is 3. The zero-order valence-corrected chi connectivity index (χ0v) is 10.3. The standard InChI is InChI=1S/C13H24N2O/c1-2-14-7-10-3-6-13(10)15-8-11-4-5-12(9-15)16-11/h10-14H,2-9H2,1H3. The van der Waals surface area contributed by atoms with E-state index < -0.39 is 0 Å². The summed E-state index contributed by atoms with van der Waals surface area (Å²) in [6, 6.07) is 0.853. The summed E-state index contributed by atoms with van der Waals surface area (Å²) >= 11 is 0. The van der Waals surface area contributed by atoms with Gasteiger partial charge in [-0.2, -0.15) is 0 Å². The highest BCUT2D eigenvalue weighted by Gasteiger charge is 2.41. The summed E-state index contributed by atoms with van der Waals surface area (Å²) in [5.41, 5.74) is 0. The van der Waals surface area contributed by atoms with Crippen molar-refractivity contribution in [1.29, 1.82) is 0 Å². The van der Waals surface area contributed by atoms with Crippen molar-refractivity contribution in [2.45, 2.75) is 50.9 Å². The maximum atomic E-state index is 5.91. The highest BCUT2D eigenvalue weighted by atomic mass is 16.5. The van der Waals surface area contributed by atoms with E-state index in [4.69, 9.17) is 4.74 Å². The third-order valence-electron chi connectivity index (χ3n) is 4.57. The van der Waals surface area contributed by atoms with Gasteiger partial charge >= 0.3 is 0 Å². The van der Waals surface area contributed by atoms with Crippen LogP contribution in [-0.4, -0.2) is 49.3 Å². The highest BCUT2D eigenvalue weighted by molar-refractivity contribution is 4.95. The first-order valence-corrected chi connectivity index (χ1v) is 6.97. The predicted molar refractivity (Wildman–Crippen MR) is 64.5 cm³/mol. The van der Waals surface area contributed by atoms with Gasteiger partial charge < -0.3 is 10.1 Å². The van der Waals surface area contributed by atoms with Crippen molar-refractivity contribution in [2.75, 3.05) is 26.2 Å². The molecule has 0 aromatic carbocycles. The van der Waals surface area contributed by atoms with E-state index in [9.17, 15) is 0 Å². The van der Waals surface area contributed by atoms with Crippen molar-refractivity contribution in [3.8, 4) is 0 Å². The van der Waals surface area contributed by atoms with Crippen molar-refractivity contribution < 1.29 is 4.74 Å². The summed E-state index contributed by atoms with van der Waals surface area (Å²) in [6.07, 6.45) is 6.54. The fourth-order valence-electron chi connectivity index (χ4n) is 3.52. The Bertz CT molecular complexity index is 234. The number of hydrogen-bond donors (Lipinski definition) is 1. The number of fused-ring (bicyclic) bond motifs is 2. The van der Waals surface area contributed by atoms with Gasteiger partial charge in [-0.25, -0.2) is 0 Å². The van der Waals surface area contributed by atoms with E-state index in [1.54, 1.807) is 0 Å². The molecule has 3 rings (SSSR count). The first kappa shape index (κ1) is 11.0. The van der Waals surface area contributed by atoms with Gasteiger partial charge in [-0.3, -0.25) is 4.90 Å². The quantitative estimate of drug-likeness (QED) is 0.777. The lowest BCUT2D eigenvalue weighted by Gasteiger charge is -2.47. The van der Waals surface area contributed by atoms with Gasteiger partial charge in [0.2, 0.25) is 0 Å². The van der Waals surface area contributed by atoms with Gasteiger partial charge in [-0.15, -0.1) is 0 Å². The fourth-order valence-corrected chi connectivity index (χ4v) is 3.52. The molecule has 0 radical (unpaired) electrons. The van der Waals surface area contributed by atoms with E-state index >= 15 is 0 Å². The van der Waals surface area contributed by atoms with Crippen LogP contribution in [0.15, 0.2) is 0 Å².